The normalized spacial score (nSPS) is 19.2. The van der Waals surface area contributed by atoms with Crippen LogP contribution in [0, 0.1) is 0 Å². The van der Waals surface area contributed by atoms with Crippen molar-refractivity contribution in [2.24, 2.45) is 0 Å². The first-order valence-electron chi connectivity index (χ1n) is 8.49. The monoisotopic (exact) mass is 352 g/mol. The van der Waals surface area contributed by atoms with Crippen LogP contribution in [-0.2, 0) is 11.2 Å². The molecule has 0 saturated heterocycles. The highest BCUT2D eigenvalue weighted by molar-refractivity contribution is 5.86. The number of benzene rings is 2. The third kappa shape index (κ3) is 2.59. The predicted octanol–water partition coefficient (Wildman–Crippen LogP) is 0.513. The highest BCUT2D eigenvalue weighted by atomic mass is 16.5. The molecule has 4 rings (SSSR count). The first-order chi connectivity index (χ1) is 12.6. The summed E-state index contributed by atoms with van der Waals surface area (Å²) in [6.45, 7) is 0. The lowest BCUT2D eigenvalue weighted by atomic mass is 9.90. The summed E-state index contributed by atoms with van der Waals surface area (Å²) in [7, 11) is 3.21. The third-order valence-corrected chi connectivity index (χ3v) is 5.08. The minimum Gasteiger partial charge on any atom is -0.544 e. The van der Waals surface area contributed by atoms with Gasteiger partial charge in [-0.1, -0.05) is 18.2 Å². The first kappa shape index (κ1) is 16.5. The molecule has 0 spiro atoms. The average molecular weight is 352 g/mol. The third-order valence-electron chi connectivity index (χ3n) is 5.08. The molecular weight excluding hydrogens is 332 g/mol. The Hall–Kier alpha value is -2.99. The number of carbonyl (C=O) groups excluding carboxylic acids is 1. The molecule has 3 N–H and O–H groups in total. The van der Waals surface area contributed by atoms with E-state index in [1.807, 2.05) is 47.8 Å². The molecule has 0 unspecified atom stereocenters. The minimum absolute atomic E-state index is 0.251. The topological polar surface area (TPSA) is 91.0 Å². The number of ether oxygens (including phenoxy) is 2. The van der Waals surface area contributed by atoms with E-state index in [0.29, 0.717) is 17.9 Å². The molecule has 26 heavy (non-hydrogen) atoms. The lowest BCUT2D eigenvalue weighted by molar-refractivity contribution is -0.717. The number of para-hydroxylation sites is 1. The lowest BCUT2D eigenvalue weighted by Gasteiger charge is -2.29. The van der Waals surface area contributed by atoms with Crippen molar-refractivity contribution in [3.8, 4) is 11.5 Å². The van der Waals surface area contributed by atoms with Gasteiger partial charge in [0, 0.05) is 17.3 Å². The van der Waals surface area contributed by atoms with Gasteiger partial charge in [-0.2, -0.15) is 0 Å². The van der Waals surface area contributed by atoms with Crippen molar-refractivity contribution in [2.75, 3.05) is 14.2 Å². The number of aliphatic carboxylic acids is 1. The quantitative estimate of drug-likeness (QED) is 0.716. The van der Waals surface area contributed by atoms with Crippen LogP contribution in [0.3, 0.4) is 0 Å². The van der Waals surface area contributed by atoms with Gasteiger partial charge in [0.15, 0.2) is 6.04 Å². The highest BCUT2D eigenvalue weighted by Crippen LogP contribution is 2.36. The van der Waals surface area contributed by atoms with Gasteiger partial charge >= 0.3 is 0 Å². The maximum Gasteiger partial charge on any atom is 0.157 e. The molecule has 0 saturated carbocycles. The largest absolute Gasteiger partial charge is 0.544 e. The number of hydrogen-bond donors (Lipinski definition) is 2. The van der Waals surface area contributed by atoms with Gasteiger partial charge < -0.3 is 29.7 Å². The fourth-order valence-corrected chi connectivity index (χ4v) is 3.83. The van der Waals surface area contributed by atoms with Gasteiger partial charge in [0.1, 0.15) is 17.5 Å². The van der Waals surface area contributed by atoms with Gasteiger partial charge in [0.2, 0.25) is 0 Å². The number of carboxylic acids is 1. The van der Waals surface area contributed by atoms with Crippen LogP contribution in [0.5, 0.6) is 11.5 Å². The number of carboxylic acid groups (broad SMARTS) is 1. The Balaban J connectivity index is 1.93. The number of nitrogens with two attached hydrogens (primary N) is 1. The van der Waals surface area contributed by atoms with Crippen molar-refractivity contribution in [1.29, 1.82) is 0 Å². The van der Waals surface area contributed by atoms with E-state index in [4.69, 9.17) is 9.47 Å². The average Bonchev–Trinajstić information content (AvgIpc) is 3.05. The van der Waals surface area contributed by atoms with Crippen molar-refractivity contribution >= 4 is 16.9 Å². The van der Waals surface area contributed by atoms with Crippen LogP contribution in [0.2, 0.25) is 0 Å². The van der Waals surface area contributed by atoms with Gasteiger partial charge in [-0.05, 0) is 29.8 Å². The number of aromatic amines is 1. The fourth-order valence-electron chi connectivity index (χ4n) is 3.83. The second-order valence-corrected chi connectivity index (χ2v) is 6.47. The molecule has 134 valence electrons. The summed E-state index contributed by atoms with van der Waals surface area (Å²) >= 11 is 0. The maximum atomic E-state index is 11.7. The van der Waals surface area contributed by atoms with Crippen LogP contribution in [0.25, 0.3) is 10.9 Å². The van der Waals surface area contributed by atoms with E-state index < -0.39 is 12.0 Å². The number of hydrogen-bond acceptors (Lipinski definition) is 4. The molecule has 0 aliphatic carbocycles. The minimum atomic E-state index is -1.06. The summed E-state index contributed by atoms with van der Waals surface area (Å²) in [6, 6.07) is 12.6. The van der Waals surface area contributed by atoms with Gasteiger partial charge in [-0.25, -0.2) is 0 Å². The van der Waals surface area contributed by atoms with Crippen LogP contribution in [0.15, 0.2) is 42.5 Å². The molecule has 6 nitrogen and oxygen atoms in total. The summed E-state index contributed by atoms with van der Waals surface area (Å²) in [5.41, 5.74) is 3.88. The SMILES string of the molecule is COc1ccc(OC)c([C@@H]2[NH2+][C@H](C(=O)[O-])Cc3c2[nH]c2ccccc32)c1. The molecule has 0 amide bonds. The van der Waals surface area contributed by atoms with E-state index in [0.717, 1.165) is 27.7 Å². The smallest absolute Gasteiger partial charge is 0.157 e. The van der Waals surface area contributed by atoms with Crippen LogP contribution in [0.1, 0.15) is 22.9 Å². The number of H-pyrrole nitrogens is 1. The Morgan fingerprint density at radius 2 is 2.00 bits per heavy atom. The van der Waals surface area contributed by atoms with Gasteiger partial charge in [-0.15, -0.1) is 0 Å². The zero-order chi connectivity index (χ0) is 18.3. The van der Waals surface area contributed by atoms with Crippen molar-refractivity contribution in [1.82, 2.24) is 4.98 Å². The molecule has 2 heterocycles. The molecule has 0 radical (unpaired) electrons. The maximum absolute atomic E-state index is 11.7. The Kier molecular flexibility index (Phi) is 4.05. The van der Waals surface area contributed by atoms with Crippen LogP contribution >= 0.6 is 0 Å². The number of quaternary nitrogens is 1. The summed E-state index contributed by atoms with van der Waals surface area (Å²) in [5, 5.41) is 14.5. The number of rotatable bonds is 4. The Bertz CT molecular complexity index is 979. The van der Waals surface area contributed by atoms with Crippen molar-refractivity contribution in [3.63, 3.8) is 0 Å². The van der Waals surface area contributed by atoms with Crippen molar-refractivity contribution in [3.05, 3.63) is 59.3 Å². The Morgan fingerprint density at radius 1 is 1.19 bits per heavy atom. The van der Waals surface area contributed by atoms with E-state index in [9.17, 15) is 9.90 Å². The summed E-state index contributed by atoms with van der Waals surface area (Å²) in [4.78, 5) is 15.1. The molecule has 0 fully saturated rings. The second kappa shape index (κ2) is 6.38. The van der Waals surface area contributed by atoms with E-state index in [-0.39, 0.29) is 6.04 Å². The van der Waals surface area contributed by atoms with Crippen LogP contribution < -0.4 is 19.9 Å². The molecule has 2 aromatic carbocycles. The molecular formula is C20H20N2O4. The Morgan fingerprint density at radius 3 is 2.73 bits per heavy atom. The Labute approximate surface area is 150 Å². The number of nitrogens with one attached hydrogen (secondary N) is 1. The van der Waals surface area contributed by atoms with E-state index in [1.54, 1.807) is 14.2 Å². The van der Waals surface area contributed by atoms with Crippen molar-refractivity contribution < 1.29 is 24.7 Å². The zero-order valence-electron chi connectivity index (χ0n) is 14.6. The zero-order valence-corrected chi connectivity index (χ0v) is 14.6. The first-order valence-corrected chi connectivity index (χ1v) is 8.49. The standard InChI is InChI=1S/C20H20N2O4/c1-25-11-7-8-17(26-2)14(9-11)19-18-13(10-16(22-19)20(23)24)12-5-3-4-6-15(12)21-18/h3-9,16,19,21-22H,10H2,1-2H3,(H,23,24)/t16-,19-/m0/s1. The van der Waals surface area contributed by atoms with Crippen LogP contribution in [-0.4, -0.2) is 31.2 Å². The highest BCUT2D eigenvalue weighted by Gasteiger charge is 2.36. The van der Waals surface area contributed by atoms with Crippen LogP contribution in [0.4, 0.5) is 0 Å². The molecule has 1 aliphatic rings. The van der Waals surface area contributed by atoms with E-state index in [1.165, 1.54) is 0 Å². The van der Waals surface area contributed by atoms with Gasteiger partial charge in [0.05, 0.1) is 31.4 Å². The predicted molar refractivity (Wildman–Crippen MR) is 94.1 cm³/mol. The molecule has 1 aliphatic heterocycles. The molecule has 1 aromatic heterocycles. The molecule has 6 heteroatoms. The van der Waals surface area contributed by atoms with E-state index in [2.05, 4.69) is 4.98 Å². The second-order valence-electron chi connectivity index (χ2n) is 6.47. The summed E-state index contributed by atoms with van der Waals surface area (Å²) < 4.78 is 10.9. The van der Waals surface area contributed by atoms with Gasteiger partial charge in [0.25, 0.3) is 0 Å². The summed E-state index contributed by atoms with van der Waals surface area (Å²) in [5.74, 6) is 0.325. The fraction of sp³-hybridized carbons (Fsp3) is 0.250. The number of fused-ring (bicyclic) bond motifs is 3. The number of aromatic nitrogens is 1. The molecule has 3 aromatic rings. The number of methoxy groups -OCH3 is 2. The molecule has 0 bridgehead atoms. The number of carbonyl (C=O) groups is 1. The van der Waals surface area contributed by atoms with Gasteiger partial charge in [-0.3, -0.25) is 0 Å². The lowest BCUT2D eigenvalue weighted by Crippen LogP contribution is -2.95. The van der Waals surface area contributed by atoms with E-state index >= 15 is 0 Å². The molecule has 2 atom stereocenters. The van der Waals surface area contributed by atoms with Crippen molar-refractivity contribution in [2.45, 2.75) is 18.5 Å². The summed E-state index contributed by atoms with van der Waals surface area (Å²) in [6.07, 6.45) is 0.421.